The molecule has 2 heterocycles. The van der Waals surface area contributed by atoms with Crippen LogP contribution in [0.3, 0.4) is 0 Å². The van der Waals surface area contributed by atoms with Crippen LogP contribution >= 0.6 is 0 Å². The Hall–Kier alpha value is -1.33. The predicted octanol–water partition coefficient (Wildman–Crippen LogP) is 2.34. The molecule has 1 aliphatic rings. The highest BCUT2D eigenvalue weighted by Gasteiger charge is 2.34. The van der Waals surface area contributed by atoms with Gasteiger partial charge >= 0.3 is 6.18 Å². The monoisotopic (exact) mass is 231 g/mol. The molecule has 16 heavy (non-hydrogen) atoms. The third-order valence-electron chi connectivity index (χ3n) is 2.75. The van der Waals surface area contributed by atoms with Crippen LogP contribution in [0.15, 0.2) is 12.3 Å². The maximum absolute atomic E-state index is 12.4. The van der Waals surface area contributed by atoms with Gasteiger partial charge in [-0.25, -0.2) is 9.97 Å². The van der Waals surface area contributed by atoms with Crippen molar-refractivity contribution in [2.45, 2.75) is 19.5 Å². The number of halogens is 3. The van der Waals surface area contributed by atoms with Crippen molar-refractivity contribution < 1.29 is 13.2 Å². The molecule has 1 aliphatic heterocycles. The number of nitrogens with zero attached hydrogens (tertiary/aromatic N) is 3. The fraction of sp³-hybridized carbons (Fsp3) is 0.600. The minimum absolute atomic E-state index is 0.180. The Kier molecular flexibility index (Phi) is 2.73. The van der Waals surface area contributed by atoms with Gasteiger partial charge in [-0.15, -0.1) is 0 Å². The van der Waals surface area contributed by atoms with Gasteiger partial charge in [0.2, 0.25) is 5.95 Å². The molecule has 6 heteroatoms. The second-order valence-corrected chi connectivity index (χ2v) is 3.92. The van der Waals surface area contributed by atoms with Crippen molar-refractivity contribution in [3.05, 3.63) is 18.0 Å². The van der Waals surface area contributed by atoms with Gasteiger partial charge in [0.05, 0.1) is 0 Å². The number of hydrogen-bond acceptors (Lipinski definition) is 3. The number of rotatable bonds is 2. The van der Waals surface area contributed by atoms with Gasteiger partial charge in [0, 0.05) is 19.3 Å². The van der Waals surface area contributed by atoms with Gasteiger partial charge in [0.25, 0.3) is 0 Å². The minimum atomic E-state index is -4.40. The van der Waals surface area contributed by atoms with Crippen molar-refractivity contribution in [2.75, 3.05) is 18.0 Å². The van der Waals surface area contributed by atoms with E-state index in [1.165, 1.54) is 0 Å². The molecule has 0 spiro atoms. The molecule has 0 atom stereocenters. The van der Waals surface area contributed by atoms with Crippen LogP contribution in [0.1, 0.15) is 19.0 Å². The van der Waals surface area contributed by atoms with Gasteiger partial charge < -0.3 is 4.90 Å². The first-order valence-electron chi connectivity index (χ1n) is 5.16. The first-order chi connectivity index (χ1) is 7.50. The summed E-state index contributed by atoms with van der Waals surface area (Å²) in [5.74, 6) is 0.734. The summed E-state index contributed by atoms with van der Waals surface area (Å²) < 4.78 is 37.2. The molecule has 1 aromatic rings. The zero-order chi connectivity index (χ0) is 11.8. The summed E-state index contributed by atoms with van der Waals surface area (Å²) in [5.41, 5.74) is -0.877. The molecule has 1 aromatic heterocycles. The number of aromatic nitrogens is 2. The van der Waals surface area contributed by atoms with Crippen molar-refractivity contribution in [3.63, 3.8) is 0 Å². The third kappa shape index (κ3) is 2.10. The van der Waals surface area contributed by atoms with Crippen LogP contribution in [0.2, 0.25) is 0 Å². The largest absolute Gasteiger partial charge is 0.433 e. The molecule has 0 radical (unpaired) electrons. The van der Waals surface area contributed by atoms with E-state index in [4.69, 9.17) is 0 Å². The summed E-state index contributed by atoms with van der Waals surface area (Å²) in [6.07, 6.45) is -2.20. The van der Waals surface area contributed by atoms with Crippen molar-refractivity contribution >= 4 is 5.95 Å². The SMILES string of the molecule is CCC1CN(c2nccc(C(F)(F)F)n2)C1. The second-order valence-electron chi connectivity index (χ2n) is 3.92. The van der Waals surface area contributed by atoms with Crippen LogP contribution in [0, 0.1) is 5.92 Å². The molecule has 0 unspecified atom stereocenters. The lowest BCUT2D eigenvalue weighted by Gasteiger charge is -2.38. The minimum Gasteiger partial charge on any atom is -0.340 e. The first kappa shape index (κ1) is 11.2. The van der Waals surface area contributed by atoms with E-state index in [9.17, 15) is 13.2 Å². The van der Waals surface area contributed by atoms with Crippen molar-refractivity contribution in [3.8, 4) is 0 Å². The summed E-state index contributed by atoms with van der Waals surface area (Å²) in [4.78, 5) is 9.15. The van der Waals surface area contributed by atoms with Crippen LogP contribution in [-0.2, 0) is 6.18 Å². The molecule has 1 saturated heterocycles. The lowest BCUT2D eigenvalue weighted by atomic mass is 9.98. The molecule has 0 aromatic carbocycles. The molecular formula is C10H12F3N3. The van der Waals surface area contributed by atoms with Gasteiger partial charge in [0.1, 0.15) is 5.69 Å². The summed E-state index contributed by atoms with van der Waals surface area (Å²) in [5, 5.41) is 0. The summed E-state index contributed by atoms with van der Waals surface area (Å²) >= 11 is 0. The lowest BCUT2D eigenvalue weighted by Crippen LogP contribution is -2.47. The second kappa shape index (κ2) is 3.92. The standard InChI is InChI=1S/C10H12F3N3/c1-2-7-5-16(6-7)9-14-4-3-8(15-9)10(11,12)13/h3-4,7H,2,5-6H2,1H3. The number of anilines is 1. The fourth-order valence-corrected chi connectivity index (χ4v) is 1.65. The Morgan fingerprint density at radius 3 is 2.69 bits per heavy atom. The van der Waals surface area contributed by atoms with Crippen LogP contribution in [-0.4, -0.2) is 23.1 Å². The van der Waals surface area contributed by atoms with E-state index in [1.807, 2.05) is 0 Å². The molecule has 0 aliphatic carbocycles. The lowest BCUT2D eigenvalue weighted by molar-refractivity contribution is -0.141. The molecule has 0 saturated carbocycles. The van der Waals surface area contributed by atoms with E-state index in [1.54, 1.807) is 4.90 Å². The highest BCUT2D eigenvalue weighted by Crippen LogP contribution is 2.29. The Morgan fingerprint density at radius 1 is 1.44 bits per heavy atom. The summed E-state index contributed by atoms with van der Waals surface area (Å²) in [6.45, 7) is 3.56. The summed E-state index contributed by atoms with van der Waals surface area (Å²) in [7, 11) is 0. The third-order valence-corrected chi connectivity index (χ3v) is 2.75. The Bertz CT molecular complexity index is 372. The van der Waals surface area contributed by atoms with Crippen LogP contribution < -0.4 is 4.90 Å². The van der Waals surface area contributed by atoms with E-state index < -0.39 is 11.9 Å². The molecule has 0 N–H and O–H groups in total. The van der Waals surface area contributed by atoms with Crippen LogP contribution in [0.25, 0.3) is 0 Å². The van der Waals surface area contributed by atoms with Crippen LogP contribution in [0.5, 0.6) is 0 Å². The van der Waals surface area contributed by atoms with E-state index in [2.05, 4.69) is 16.9 Å². The Morgan fingerprint density at radius 2 is 2.12 bits per heavy atom. The van der Waals surface area contributed by atoms with Crippen molar-refractivity contribution in [1.29, 1.82) is 0 Å². The normalized spacial score (nSPS) is 17.4. The molecule has 0 amide bonds. The van der Waals surface area contributed by atoms with Crippen LogP contribution in [0.4, 0.5) is 19.1 Å². The van der Waals surface area contributed by atoms with Gasteiger partial charge in [0.15, 0.2) is 0 Å². The predicted molar refractivity (Wildman–Crippen MR) is 53.0 cm³/mol. The molecule has 2 rings (SSSR count). The quantitative estimate of drug-likeness (QED) is 0.782. The van der Waals surface area contributed by atoms with E-state index in [-0.39, 0.29) is 5.95 Å². The maximum Gasteiger partial charge on any atom is 0.433 e. The number of hydrogen-bond donors (Lipinski definition) is 0. The smallest absolute Gasteiger partial charge is 0.340 e. The number of alkyl halides is 3. The zero-order valence-electron chi connectivity index (χ0n) is 8.83. The van der Waals surface area contributed by atoms with E-state index in [0.717, 1.165) is 31.8 Å². The van der Waals surface area contributed by atoms with Gasteiger partial charge in [-0.05, 0) is 18.4 Å². The molecule has 1 fully saturated rings. The topological polar surface area (TPSA) is 29.0 Å². The van der Waals surface area contributed by atoms with E-state index in [0.29, 0.717) is 5.92 Å². The van der Waals surface area contributed by atoms with E-state index >= 15 is 0 Å². The zero-order valence-corrected chi connectivity index (χ0v) is 8.83. The highest BCUT2D eigenvalue weighted by atomic mass is 19.4. The summed E-state index contributed by atoms with van der Waals surface area (Å²) in [6, 6.07) is 0.889. The fourth-order valence-electron chi connectivity index (χ4n) is 1.65. The maximum atomic E-state index is 12.4. The van der Waals surface area contributed by atoms with Crippen molar-refractivity contribution in [2.24, 2.45) is 5.92 Å². The molecular weight excluding hydrogens is 219 g/mol. The van der Waals surface area contributed by atoms with Crippen molar-refractivity contribution in [1.82, 2.24) is 9.97 Å². The molecule has 0 bridgehead atoms. The first-order valence-corrected chi connectivity index (χ1v) is 5.16. The Labute approximate surface area is 91.3 Å². The highest BCUT2D eigenvalue weighted by molar-refractivity contribution is 5.34. The van der Waals surface area contributed by atoms with Gasteiger partial charge in [-0.1, -0.05) is 6.92 Å². The van der Waals surface area contributed by atoms with Gasteiger partial charge in [-0.2, -0.15) is 13.2 Å². The average molecular weight is 231 g/mol. The molecule has 88 valence electrons. The van der Waals surface area contributed by atoms with Gasteiger partial charge in [-0.3, -0.25) is 0 Å². The average Bonchev–Trinajstić information content (AvgIpc) is 2.15. The Balaban J connectivity index is 2.12. The molecule has 3 nitrogen and oxygen atoms in total.